The van der Waals surface area contributed by atoms with Crippen LogP contribution in [0.3, 0.4) is 0 Å². The third kappa shape index (κ3) is 2.40. The van der Waals surface area contributed by atoms with Crippen LogP contribution in [0.2, 0.25) is 0 Å². The minimum Gasteiger partial charge on any atom is -0.366 e. The summed E-state index contributed by atoms with van der Waals surface area (Å²) in [4.78, 5) is 3.97. The predicted molar refractivity (Wildman–Crippen MR) is 55.4 cm³/mol. The van der Waals surface area contributed by atoms with Crippen molar-refractivity contribution >= 4 is 5.84 Å². The van der Waals surface area contributed by atoms with Gasteiger partial charge in [0.05, 0.1) is 12.1 Å². The van der Waals surface area contributed by atoms with Gasteiger partial charge in [0.2, 0.25) is 0 Å². The van der Waals surface area contributed by atoms with Crippen LogP contribution in [0.25, 0.3) is 0 Å². The van der Waals surface area contributed by atoms with E-state index < -0.39 is 17.6 Å². The SMILES string of the molecule is CC1CN=C(c2ccc(F)cc2C(F)(F)F)N1. The summed E-state index contributed by atoms with van der Waals surface area (Å²) in [5.41, 5.74) is -1.11. The zero-order valence-corrected chi connectivity index (χ0v) is 8.98. The number of hydrogen-bond acceptors (Lipinski definition) is 2. The third-order valence-corrected chi connectivity index (χ3v) is 2.45. The van der Waals surface area contributed by atoms with Gasteiger partial charge in [0.25, 0.3) is 0 Å². The van der Waals surface area contributed by atoms with Gasteiger partial charge in [0, 0.05) is 11.6 Å². The van der Waals surface area contributed by atoms with Crippen molar-refractivity contribution in [3.05, 3.63) is 35.1 Å². The zero-order valence-electron chi connectivity index (χ0n) is 8.98. The molecule has 0 spiro atoms. The Kier molecular flexibility index (Phi) is 2.81. The van der Waals surface area contributed by atoms with Gasteiger partial charge in [-0.1, -0.05) is 0 Å². The molecule has 1 heterocycles. The molecule has 0 bridgehead atoms. The molecule has 2 nitrogen and oxygen atoms in total. The lowest BCUT2D eigenvalue weighted by molar-refractivity contribution is -0.137. The van der Waals surface area contributed by atoms with Gasteiger partial charge in [-0.05, 0) is 25.1 Å². The second-order valence-corrected chi connectivity index (χ2v) is 3.92. The Labute approximate surface area is 95.4 Å². The first-order valence-corrected chi connectivity index (χ1v) is 5.06. The topological polar surface area (TPSA) is 24.4 Å². The summed E-state index contributed by atoms with van der Waals surface area (Å²) in [6, 6.07) is 2.58. The summed E-state index contributed by atoms with van der Waals surface area (Å²) in [6.07, 6.45) is -4.59. The summed E-state index contributed by atoms with van der Waals surface area (Å²) in [6.45, 7) is 2.23. The van der Waals surface area contributed by atoms with Crippen LogP contribution < -0.4 is 5.32 Å². The largest absolute Gasteiger partial charge is 0.417 e. The van der Waals surface area contributed by atoms with Crippen molar-refractivity contribution in [3.8, 4) is 0 Å². The number of alkyl halides is 3. The molecule has 1 aromatic carbocycles. The normalized spacial score (nSPS) is 20.1. The van der Waals surface area contributed by atoms with Crippen LogP contribution in [0.4, 0.5) is 17.6 Å². The highest BCUT2D eigenvalue weighted by Crippen LogP contribution is 2.33. The average Bonchev–Trinajstić information content (AvgIpc) is 2.63. The molecule has 0 saturated heterocycles. The van der Waals surface area contributed by atoms with E-state index in [-0.39, 0.29) is 17.4 Å². The highest BCUT2D eigenvalue weighted by molar-refractivity contribution is 6.01. The van der Waals surface area contributed by atoms with Gasteiger partial charge in [-0.15, -0.1) is 0 Å². The minimum absolute atomic E-state index is 0.00358. The highest BCUT2D eigenvalue weighted by Gasteiger charge is 2.35. The molecule has 0 fully saturated rings. The summed E-state index contributed by atoms with van der Waals surface area (Å²) in [7, 11) is 0. The van der Waals surface area contributed by atoms with Crippen LogP contribution in [0.15, 0.2) is 23.2 Å². The summed E-state index contributed by atoms with van der Waals surface area (Å²) >= 11 is 0. The van der Waals surface area contributed by atoms with Gasteiger partial charge >= 0.3 is 6.18 Å². The van der Waals surface area contributed by atoms with E-state index in [4.69, 9.17) is 0 Å². The highest BCUT2D eigenvalue weighted by atomic mass is 19.4. The fourth-order valence-electron chi connectivity index (χ4n) is 1.67. The molecule has 17 heavy (non-hydrogen) atoms. The Morgan fingerprint density at radius 2 is 2.06 bits per heavy atom. The van der Waals surface area contributed by atoms with Crippen LogP contribution in [0.5, 0.6) is 0 Å². The van der Waals surface area contributed by atoms with E-state index in [9.17, 15) is 17.6 Å². The Morgan fingerprint density at radius 3 is 2.59 bits per heavy atom. The molecule has 92 valence electrons. The Balaban J connectivity index is 2.47. The fourth-order valence-corrected chi connectivity index (χ4v) is 1.67. The fraction of sp³-hybridized carbons (Fsp3) is 0.364. The molecular weight excluding hydrogens is 236 g/mol. The van der Waals surface area contributed by atoms with Crippen molar-refractivity contribution in [2.24, 2.45) is 4.99 Å². The lowest BCUT2D eigenvalue weighted by atomic mass is 10.1. The van der Waals surface area contributed by atoms with E-state index in [1.807, 2.05) is 6.92 Å². The van der Waals surface area contributed by atoms with Gasteiger partial charge in [-0.3, -0.25) is 4.99 Å². The van der Waals surface area contributed by atoms with Gasteiger partial charge in [-0.2, -0.15) is 13.2 Å². The van der Waals surface area contributed by atoms with Crippen molar-refractivity contribution < 1.29 is 17.6 Å². The maximum absolute atomic E-state index is 12.9. The van der Waals surface area contributed by atoms with Crippen molar-refractivity contribution in [1.29, 1.82) is 0 Å². The van der Waals surface area contributed by atoms with E-state index in [0.29, 0.717) is 12.6 Å². The summed E-state index contributed by atoms with van der Waals surface area (Å²) < 4.78 is 51.1. The number of benzene rings is 1. The summed E-state index contributed by atoms with van der Waals surface area (Å²) in [5.74, 6) is -0.738. The second kappa shape index (κ2) is 4.01. The molecule has 0 radical (unpaired) electrons. The molecule has 0 saturated carbocycles. The number of hydrogen-bond donors (Lipinski definition) is 1. The van der Waals surface area contributed by atoms with Gasteiger partial charge in [0.1, 0.15) is 11.7 Å². The van der Waals surface area contributed by atoms with Gasteiger partial charge < -0.3 is 5.32 Å². The van der Waals surface area contributed by atoms with Crippen molar-refractivity contribution in [1.82, 2.24) is 5.32 Å². The molecule has 1 N–H and O–H groups in total. The van der Waals surface area contributed by atoms with E-state index in [1.165, 1.54) is 0 Å². The standard InChI is InChI=1S/C11H10F4N2/c1-6-5-16-10(17-6)8-3-2-7(12)4-9(8)11(13,14)15/h2-4,6H,5H2,1H3,(H,16,17). The third-order valence-electron chi connectivity index (χ3n) is 2.45. The van der Waals surface area contributed by atoms with Crippen LogP contribution in [-0.2, 0) is 6.18 Å². The van der Waals surface area contributed by atoms with Crippen molar-refractivity contribution in [3.63, 3.8) is 0 Å². The lowest BCUT2D eigenvalue weighted by Crippen LogP contribution is -2.29. The molecule has 2 rings (SSSR count). The van der Waals surface area contributed by atoms with Crippen LogP contribution >= 0.6 is 0 Å². The molecule has 0 amide bonds. The number of rotatable bonds is 1. The zero-order chi connectivity index (χ0) is 12.6. The molecule has 6 heteroatoms. The van der Waals surface area contributed by atoms with Gasteiger partial charge in [0.15, 0.2) is 0 Å². The van der Waals surface area contributed by atoms with Gasteiger partial charge in [-0.25, -0.2) is 4.39 Å². The van der Waals surface area contributed by atoms with Crippen LogP contribution in [0.1, 0.15) is 18.1 Å². The number of amidine groups is 1. The van der Waals surface area contributed by atoms with Crippen molar-refractivity contribution in [2.45, 2.75) is 19.1 Å². The van der Waals surface area contributed by atoms with E-state index in [0.717, 1.165) is 12.1 Å². The molecule has 1 aromatic rings. The lowest BCUT2D eigenvalue weighted by Gasteiger charge is -2.14. The minimum atomic E-state index is -4.59. The number of nitrogens with zero attached hydrogens (tertiary/aromatic N) is 1. The first-order valence-electron chi connectivity index (χ1n) is 5.06. The molecule has 1 aliphatic heterocycles. The van der Waals surface area contributed by atoms with Crippen LogP contribution in [-0.4, -0.2) is 18.4 Å². The quantitative estimate of drug-likeness (QED) is 0.757. The van der Waals surface area contributed by atoms with E-state index in [1.54, 1.807) is 0 Å². The molecule has 0 aromatic heterocycles. The molecule has 1 unspecified atom stereocenters. The molecule has 1 aliphatic rings. The van der Waals surface area contributed by atoms with Crippen LogP contribution in [0, 0.1) is 5.82 Å². The molecular formula is C11H10F4N2. The Morgan fingerprint density at radius 1 is 1.35 bits per heavy atom. The maximum atomic E-state index is 12.9. The monoisotopic (exact) mass is 246 g/mol. The predicted octanol–water partition coefficient (Wildman–Crippen LogP) is 2.58. The Bertz CT molecular complexity index is 465. The molecule has 1 atom stereocenters. The summed E-state index contributed by atoms with van der Waals surface area (Å²) in [5, 5.41) is 2.83. The van der Waals surface area contributed by atoms with E-state index in [2.05, 4.69) is 10.3 Å². The first-order chi connectivity index (χ1) is 7.88. The van der Waals surface area contributed by atoms with Crippen molar-refractivity contribution in [2.75, 3.05) is 6.54 Å². The van der Waals surface area contributed by atoms with E-state index >= 15 is 0 Å². The first kappa shape index (κ1) is 11.9. The average molecular weight is 246 g/mol. The smallest absolute Gasteiger partial charge is 0.366 e. The second-order valence-electron chi connectivity index (χ2n) is 3.92. The maximum Gasteiger partial charge on any atom is 0.417 e. The Hall–Kier alpha value is -1.59. The number of aliphatic imine (C=N–C) groups is 1. The molecule has 0 aliphatic carbocycles. The number of nitrogens with one attached hydrogen (secondary N) is 1. The number of halogens is 4.